The second-order valence-electron chi connectivity index (χ2n) is 5.62. The summed E-state index contributed by atoms with van der Waals surface area (Å²) in [7, 11) is 0. The number of benzene rings is 2. The van der Waals surface area contributed by atoms with Crippen LogP contribution in [0.15, 0.2) is 60.8 Å². The van der Waals surface area contributed by atoms with Crippen molar-refractivity contribution >= 4 is 28.5 Å². The Morgan fingerprint density at radius 3 is 2.88 bits per heavy atom. The smallest absolute Gasteiger partial charge is 0.339 e. The molecule has 0 spiro atoms. The van der Waals surface area contributed by atoms with Gasteiger partial charge in [0.1, 0.15) is 0 Å². The van der Waals surface area contributed by atoms with E-state index in [-0.39, 0.29) is 5.91 Å². The van der Waals surface area contributed by atoms with Gasteiger partial charge in [-0.3, -0.25) is 9.78 Å². The molecule has 1 amide bonds. The van der Waals surface area contributed by atoms with E-state index in [0.717, 1.165) is 16.5 Å². The summed E-state index contributed by atoms with van der Waals surface area (Å²) in [6.07, 6.45) is 1.24. The molecular weight excluding hydrogens is 304 g/mol. The van der Waals surface area contributed by atoms with Gasteiger partial charge in [0.2, 0.25) is 0 Å². The first-order valence-electron chi connectivity index (χ1n) is 7.66. The van der Waals surface area contributed by atoms with Gasteiger partial charge in [0.25, 0.3) is 5.91 Å². The highest BCUT2D eigenvalue weighted by molar-refractivity contribution is 6.04. The van der Waals surface area contributed by atoms with Crippen LogP contribution in [0, 0.1) is 0 Å². The quantitative estimate of drug-likeness (QED) is 0.738. The number of anilines is 1. The van der Waals surface area contributed by atoms with Gasteiger partial charge in [0, 0.05) is 18.0 Å². The molecule has 1 aromatic heterocycles. The number of ether oxygens (including phenoxy) is 1. The summed E-state index contributed by atoms with van der Waals surface area (Å²) in [5.41, 5.74) is 2.80. The van der Waals surface area contributed by atoms with Gasteiger partial charge in [0.05, 0.1) is 16.8 Å². The fourth-order valence-electron chi connectivity index (χ4n) is 2.90. The molecule has 24 heavy (non-hydrogen) atoms. The summed E-state index contributed by atoms with van der Waals surface area (Å²) in [5.74, 6) is -0.800. The van der Waals surface area contributed by atoms with Crippen molar-refractivity contribution in [1.82, 2.24) is 4.98 Å². The second kappa shape index (κ2) is 5.77. The molecule has 5 heteroatoms. The highest BCUT2D eigenvalue weighted by atomic mass is 16.5. The predicted octanol–water partition coefficient (Wildman–Crippen LogP) is 2.96. The Hall–Kier alpha value is -3.21. The number of carbonyl (C=O) groups excluding carboxylic acids is 2. The number of nitrogens with one attached hydrogen (secondary N) is 1. The van der Waals surface area contributed by atoms with E-state index in [1.165, 1.54) is 0 Å². The monoisotopic (exact) mass is 318 g/mol. The topological polar surface area (TPSA) is 68.3 Å². The highest BCUT2D eigenvalue weighted by Crippen LogP contribution is 2.24. The molecule has 0 bridgehead atoms. The first-order valence-corrected chi connectivity index (χ1v) is 7.66. The Kier molecular flexibility index (Phi) is 3.46. The maximum absolute atomic E-state index is 12.6. The van der Waals surface area contributed by atoms with E-state index < -0.39 is 12.1 Å². The second-order valence-corrected chi connectivity index (χ2v) is 5.62. The van der Waals surface area contributed by atoms with Crippen LogP contribution in [-0.2, 0) is 16.0 Å². The van der Waals surface area contributed by atoms with Gasteiger partial charge in [-0.1, -0.05) is 24.3 Å². The van der Waals surface area contributed by atoms with Crippen molar-refractivity contribution in [3.63, 3.8) is 0 Å². The average Bonchev–Trinajstić information content (AvgIpc) is 2.62. The number of hydrogen-bond donors (Lipinski definition) is 1. The lowest BCUT2D eigenvalue weighted by molar-refractivity contribution is -0.125. The molecule has 3 aromatic rings. The van der Waals surface area contributed by atoms with Crippen LogP contribution >= 0.6 is 0 Å². The van der Waals surface area contributed by atoms with Gasteiger partial charge >= 0.3 is 5.97 Å². The van der Waals surface area contributed by atoms with Gasteiger partial charge in [0.15, 0.2) is 6.10 Å². The van der Waals surface area contributed by atoms with E-state index in [4.69, 9.17) is 4.74 Å². The molecule has 0 saturated carbocycles. The number of pyridine rings is 1. The minimum absolute atomic E-state index is 0.339. The van der Waals surface area contributed by atoms with Gasteiger partial charge in [-0.05, 0) is 35.9 Å². The molecular formula is C19H14N2O3. The maximum Gasteiger partial charge on any atom is 0.339 e. The molecule has 0 unspecified atom stereocenters. The summed E-state index contributed by atoms with van der Waals surface area (Å²) < 4.78 is 5.29. The maximum atomic E-state index is 12.6. The highest BCUT2D eigenvalue weighted by Gasteiger charge is 2.31. The molecule has 1 N–H and O–H groups in total. The van der Waals surface area contributed by atoms with Crippen molar-refractivity contribution in [2.45, 2.75) is 12.5 Å². The Bertz CT molecular complexity index is 947. The standard InChI is InChI=1S/C19H14N2O3/c22-18(17-11-12-5-1-2-6-13(12)19(23)24-17)21-16-9-3-8-15-14(16)7-4-10-20-15/h1-10,17H,11H2,(H,21,22)/t17-/m1/s1. The Morgan fingerprint density at radius 2 is 1.96 bits per heavy atom. The number of hydrogen-bond acceptors (Lipinski definition) is 4. The average molecular weight is 318 g/mol. The zero-order valence-corrected chi connectivity index (χ0v) is 12.7. The molecule has 0 fully saturated rings. The largest absolute Gasteiger partial charge is 0.448 e. The number of fused-ring (bicyclic) bond motifs is 2. The minimum atomic E-state index is -0.834. The fraction of sp³-hybridized carbons (Fsp3) is 0.105. The van der Waals surface area contributed by atoms with Crippen LogP contribution in [0.25, 0.3) is 10.9 Å². The van der Waals surface area contributed by atoms with Crippen LogP contribution in [0.4, 0.5) is 5.69 Å². The van der Waals surface area contributed by atoms with Crippen molar-refractivity contribution in [1.29, 1.82) is 0 Å². The van der Waals surface area contributed by atoms with Crippen LogP contribution < -0.4 is 5.32 Å². The number of rotatable bonds is 2. The zero-order chi connectivity index (χ0) is 16.5. The molecule has 4 rings (SSSR count). The third-order valence-corrected chi connectivity index (χ3v) is 4.09. The first kappa shape index (κ1) is 14.4. The lowest BCUT2D eigenvalue weighted by Gasteiger charge is -2.24. The van der Waals surface area contributed by atoms with E-state index in [2.05, 4.69) is 10.3 Å². The summed E-state index contributed by atoms with van der Waals surface area (Å²) >= 11 is 0. The number of carbonyl (C=O) groups is 2. The Balaban J connectivity index is 1.60. The number of cyclic esters (lactones) is 1. The third-order valence-electron chi connectivity index (χ3n) is 4.09. The van der Waals surface area contributed by atoms with E-state index in [0.29, 0.717) is 17.7 Å². The molecule has 0 aliphatic carbocycles. The van der Waals surface area contributed by atoms with Crippen molar-refractivity contribution in [3.8, 4) is 0 Å². The molecule has 0 radical (unpaired) electrons. The summed E-state index contributed by atoms with van der Waals surface area (Å²) in [5, 5.41) is 3.69. The molecule has 2 aromatic carbocycles. The Morgan fingerprint density at radius 1 is 1.08 bits per heavy atom. The number of aromatic nitrogens is 1. The Labute approximate surface area is 138 Å². The molecule has 0 saturated heterocycles. The summed E-state index contributed by atoms with van der Waals surface area (Å²) in [6.45, 7) is 0. The lowest BCUT2D eigenvalue weighted by Crippen LogP contribution is -2.38. The van der Waals surface area contributed by atoms with Gasteiger partial charge in [-0.2, -0.15) is 0 Å². The van der Waals surface area contributed by atoms with Crippen LogP contribution in [0.5, 0.6) is 0 Å². The van der Waals surface area contributed by atoms with Crippen LogP contribution in [-0.4, -0.2) is 23.0 Å². The molecule has 1 aliphatic rings. The number of amides is 1. The van der Waals surface area contributed by atoms with Crippen molar-refractivity contribution in [2.75, 3.05) is 5.32 Å². The summed E-state index contributed by atoms with van der Waals surface area (Å²) in [4.78, 5) is 28.9. The van der Waals surface area contributed by atoms with Crippen molar-refractivity contribution in [3.05, 3.63) is 71.9 Å². The lowest BCUT2D eigenvalue weighted by atomic mass is 9.98. The van der Waals surface area contributed by atoms with Crippen molar-refractivity contribution in [2.24, 2.45) is 0 Å². The first-order chi connectivity index (χ1) is 11.7. The predicted molar refractivity (Wildman–Crippen MR) is 89.7 cm³/mol. The van der Waals surface area contributed by atoms with Gasteiger partial charge < -0.3 is 10.1 Å². The summed E-state index contributed by atoms with van der Waals surface area (Å²) in [6, 6.07) is 16.4. The van der Waals surface area contributed by atoms with Gasteiger partial charge in [-0.25, -0.2) is 4.79 Å². The van der Waals surface area contributed by atoms with E-state index in [1.807, 2.05) is 36.4 Å². The number of nitrogens with zero attached hydrogens (tertiary/aromatic N) is 1. The third kappa shape index (κ3) is 2.50. The number of esters is 1. The normalized spacial score (nSPS) is 16.3. The van der Waals surface area contributed by atoms with E-state index in [9.17, 15) is 9.59 Å². The minimum Gasteiger partial charge on any atom is -0.448 e. The molecule has 1 atom stereocenters. The SMILES string of the molecule is O=C1O[C@@H](C(=O)Nc2cccc3ncccc23)Cc2ccccc21. The van der Waals surface area contributed by atoms with Crippen LogP contribution in [0.1, 0.15) is 15.9 Å². The van der Waals surface area contributed by atoms with Crippen LogP contribution in [0.2, 0.25) is 0 Å². The van der Waals surface area contributed by atoms with E-state index >= 15 is 0 Å². The van der Waals surface area contributed by atoms with Gasteiger partial charge in [-0.15, -0.1) is 0 Å². The molecule has 5 nitrogen and oxygen atoms in total. The van der Waals surface area contributed by atoms with Crippen LogP contribution in [0.3, 0.4) is 0 Å². The molecule has 1 aliphatic heterocycles. The zero-order valence-electron chi connectivity index (χ0n) is 12.7. The fourth-order valence-corrected chi connectivity index (χ4v) is 2.90. The van der Waals surface area contributed by atoms with Crippen molar-refractivity contribution < 1.29 is 14.3 Å². The molecule has 118 valence electrons. The van der Waals surface area contributed by atoms with E-state index in [1.54, 1.807) is 24.4 Å². The molecule has 2 heterocycles.